The van der Waals surface area contributed by atoms with Gasteiger partial charge in [0.15, 0.2) is 6.61 Å². The van der Waals surface area contributed by atoms with Crippen LogP contribution in [0.25, 0.3) is 16.6 Å². The first kappa shape index (κ1) is 24.5. The molecule has 4 aromatic rings. The monoisotopic (exact) mass is 487 g/mol. The van der Waals surface area contributed by atoms with Crippen LogP contribution in [0.4, 0.5) is 0 Å². The number of benzene rings is 3. The topological polar surface area (TPSA) is 119 Å². The number of nitrogens with zero attached hydrogens (tertiary/aromatic N) is 1. The fourth-order valence-corrected chi connectivity index (χ4v) is 3.69. The maximum absolute atomic E-state index is 12.9. The molecule has 1 amide bonds. The highest BCUT2D eigenvalue weighted by molar-refractivity contribution is 5.97. The molecule has 9 heteroatoms. The molecule has 0 aliphatic rings. The van der Waals surface area contributed by atoms with Gasteiger partial charge in [0.25, 0.3) is 11.5 Å². The summed E-state index contributed by atoms with van der Waals surface area (Å²) in [4.78, 5) is 52.2. The number of aromatic amines is 1. The van der Waals surface area contributed by atoms with Crippen LogP contribution in [0.15, 0.2) is 82.4 Å². The number of aromatic nitrogens is 2. The Hall–Kier alpha value is -4.66. The molecule has 0 aliphatic carbocycles. The lowest BCUT2D eigenvalue weighted by Crippen LogP contribution is -2.33. The van der Waals surface area contributed by atoms with Crippen molar-refractivity contribution in [3.05, 3.63) is 105 Å². The van der Waals surface area contributed by atoms with Gasteiger partial charge >= 0.3 is 11.7 Å². The van der Waals surface area contributed by atoms with E-state index in [1.54, 1.807) is 55.5 Å². The van der Waals surface area contributed by atoms with E-state index in [1.807, 2.05) is 12.1 Å². The minimum absolute atomic E-state index is 0.152. The summed E-state index contributed by atoms with van der Waals surface area (Å²) in [5, 5.41) is 3.15. The number of H-pyrrole nitrogens is 1. The van der Waals surface area contributed by atoms with Crippen molar-refractivity contribution in [3.8, 4) is 11.4 Å². The minimum Gasteiger partial charge on any atom is -0.482 e. The fraction of sp³-hybridized carbons (Fsp3) is 0.185. The van der Waals surface area contributed by atoms with Crippen molar-refractivity contribution < 1.29 is 19.1 Å². The van der Waals surface area contributed by atoms with Crippen molar-refractivity contribution in [2.24, 2.45) is 0 Å². The van der Waals surface area contributed by atoms with Crippen molar-refractivity contribution in [1.29, 1.82) is 0 Å². The van der Waals surface area contributed by atoms with Crippen LogP contribution in [-0.4, -0.2) is 41.2 Å². The summed E-state index contributed by atoms with van der Waals surface area (Å²) < 4.78 is 11.3. The molecule has 0 radical (unpaired) electrons. The number of carbonyl (C=O) groups excluding carboxylic acids is 2. The Morgan fingerprint density at radius 2 is 1.72 bits per heavy atom. The lowest BCUT2D eigenvalue weighted by Gasteiger charge is -2.09. The molecule has 3 aromatic carbocycles. The number of para-hydroxylation sites is 1. The molecule has 0 saturated carbocycles. The molecule has 0 bridgehead atoms. The second kappa shape index (κ2) is 11.2. The van der Waals surface area contributed by atoms with E-state index in [-0.39, 0.29) is 12.5 Å². The molecule has 0 aliphatic heterocycles. The summed E-state index contributed by atoms with van der Waals surface area (Å²) in [7, 11) is 0. The molecule has 4 rings (SSSR count). The van der Waals surface area contributed by atoms with Crippen LogP contribution in [0.2, 0.25) is 0 Å². The van der Waals surface area contributed by atoms with E-state index in [0.29, 0.717) is 47.5 Å². The molecule has 1 heterocycles. The number of fused-ring (bicyclic) bond motifs is 1. The summed E-state index contributed by atoms with van der Waals surface area (Å²) in [5.74, 6) is -0.199. The number of amides is 1. The summed E-state index contributed by atoms with van der Waals surface area (Å²) >= 11 is 0. The van der Waals surface area contributed by atoms with Crippen LogP contribution in [0.5, 0.6) is 5.75 Å². The number of esters is 1. The average molecular weight is 488 g/mol. The molecule has 0 saturated heterocycles. The summed E-state index contributed by atoms with van der Waals surface area (Å²) in [5.41, 5.74) is 1.03. The van der Waals surface area contributed by atoms with Crippen LogP contribution in [-0.2, 0) is 16.0 Å². The maximum atomic E-state index is 12.9. The van der Waals surface area contributed by atoms with E-state index in [0.717, 1.165) is 10.1 Å². The van der Waals surface area contributed by atoms with Gasteiger partial charge in [0.2, 0.25) is 0 Å². The van der Waals surface area contributed by atoms with Gasteiger partial charge < -0.3 is 19.8 Å². The zero-order valence-corrected chi connectivity index (χ0v) is 19.7. The predicted octanol–water partition coefficient (Wildman–Crippen LogP) is 2.59. The second-order valence-electron chi connectivity index (χ2n) is 7.91. The Kier molecular flexibility index (Phi) is 7.60. The lowest BCUT2D eigenvalue weighted by atomic mass is 10.1. The van der Waals surface area contributed by atoms with Crippen molar-refractivity contribution in [2.75, 3.05) is 19.8 Å². The summed E-state index contributed by atoms with van der Waals surface area (Å²) in [6, 6.07) is 20.4. The number of hydrogen-bond acceptors (Lipinski definition) is 6. The van der Waals surface area contributed by atoms with Crippen LogP contribution < -0.4 is 21.3 Å². The van der Waals surface area contributed by atoms with Gasteiger partial charge in [-0.05, 0) is 61.4 Å². The van der Waals surface area contributed by atoms with Gasteiger partial charge in [0, 0.05) is 12.1 Å². The first-order valence-electron chi connectivity index (χ1n) is 11.5. The molecule has 1 aromatic heterocycles. The highest BCUT2D eigenvalue weighted by atomic mass is 16.6. The number of hydrogen-bond donors (Lipinski definition) is 2. The third-order valence-electron chi connectivity index (χ3n) is 5.46. The highest BCUT2D eigenvalue weighted by Crippen LogP contribution is 2.13. The van der Waals surface area contributed by atoms with Gasteiger partial charge in [-0.3, -0.25) is 9.59 Å². The Bertz CT molecular complexity index is 1490. The van der Waals surface area contributed by atoms with Gasteiger partial charge in [-0.15, -0.1) is 0 Å². The lowest BCUT2D eigenvalue weighted by molar-refractivity contribution is -0.145. The standard InChI is InChI=1S/C27H25N3O6/c1-2-35-24(31)17-36-21-11-8-18(9-12-21)14-15-28-25(32)19-10-13-22-23(16-19)29-27(34)30(26(22)33)20-6-4-3-5-7-20/h3-13,16H,2,14-15,17H2,1H3,(H,28,32)(H,29,34). The van der Waals surface area contributed by atoms with E-state index in [2.05, 4.69) is 10.3 Å². The molecule has 9 nitrogen and oxygen atoms in total. The Morgan fingerprint density at radius 3 is 2.44 bits per heavy atom. The third kappa shape index (κ3) is 5.69. The smallest absolute Gasteiger partial charge is 0.344 e. The van der Waals surface area contributed by atoms with Gasteiger partial charge in [-0.25, -0.2) is 14.2 Å². The van der Waals surface area contributed by atoms with Gasteiger partial charge in [-0.2, -0.15) is 0 Å². The summed E-state index contributed by atoms with van der Waals surface area (Å²) in [6.07, 6.45) is 0.579. The van der Waals surface area contributed by atoms with Crippen molar-refractivity contribution in [2.45, 2.75) is 13.3 Å². The molecular formula is C27H25N3O6. The molecule has 0 spiro atoms. The Labute approximate surface area is 206 Å². The van der Waals surface area contributed by atoms with E-state index in [9.17, 15) is 19.2 Å². The van der Waals surface area contributed by atoms with Gasteiger partial charge in [0.1, 0.15) is 5.75 Å². The number of carbonyl (C=O) groups is 2. The number of nitrogens with one attached hydrogen (secondary N) is 2. The van der Waals surface area contributed by atoms with Gasteiger partial charge in [0.05, 0.1) is 23.2 Å². The van der Waals surface area contributed by atoms with E-state index in [4.69, 9.17) is 9.47 Å². The SMILES string of the molecule is CCOC(=O)COc1ccc(CCNC(=O)c2ccc3c(=O)n(-c4ccccc4)c(=O)[nH]c3c2)cc1. The molecule has 36 heavy (non-hydrogen) atoms. The fourth-order valence-electron chi connectivity index (χ4n) is 3.69. The zero-order valence-electron chi connectivity index (χ0n) is 19.7. The molecule has 0 atom stereocenters. The number of rotatable bonds is 9. The molecule has 0 unspecified atom stereocenters. The first-order valence-corrected chi connectivity index (χ1v) is 11.5. The predicted molar refractivity (Wildman–Crippen MR) is 135 cm³/mol. The Morgan fingerprint density at radius 1 is 0.972 bits per heavy atom. The zero-order chi connectivity index (χ0) is 25.5. The van der Waals surface area contributed by atoms with E-state index in [1.165, 1.54) is 12.1 Å². The van der Waals surface area contributed by atoms with E-state index >= 15 is 0 Å². The Balaban J connectivity index is 1.38. The van der Waals surface area contributed by atoms with E-state index < -0.39 is 17.2 Å². The minimum atomic E-state index is -0.578. The average Bonchev–Trinajstić information content (AvgIpc) is 2.88. The normalized spacial score (nSPS) is 10.7. The second-order valence-corrected chi connectivity index (χ2v) is 7.91. The van der Waals surface area contributed by atoms with Crippen LogP contribution in [0.1, 0.15) is 22.8 Å². The molecular weight excluding hydrogens is 462 g/mol. The number of ether oxygens (including phenoxy) is 2. The quantitative estimate of drug-likeness (QED) is 0.350. The van der Waals surface area contributed by atoms with Gasteiger partial charge in [-0.1, -0.05) is 30.3 Å². The first-order chi connectivity index (χ1) is 17.5. The van der Waals surface area contributed by atoms with Crippen molar-refractivity contribution in [3.63, 3.8) is 0 Å². The summed E-state index contributed by atoms with van der Waals surface area (Å²) in [6.45, 7) is 2.26. The van der Waals surface area contributed by atoms with Crippen LogP contribution in [0, 0.1) is 0 Å². The maximum Gasteiger partial charge on any atom is 0.344 e. The third-order valence-corrected chi connectivity index (χ3v) is 5.46. The molecule has 184 valence electrons. The van der Waals surface area contributed by atoms with Crippen molar-refractivity contribution in [1.82, 2.24) is 14.9 Å². The largest absolute Gasteiger partial charge is 0.482 e. The van der Waals surface area contributed by atoms with Crippen LogP contribution >= 0.6 is 0 Å². The molecule has 2 N–H and O–H groups in total. The molecule has 0 fully saturated rings. The van der Waals surface area contributed by atoms with Crippen molar-refractivity contribution >= 4 is 22.8 Å². The van der Waals surface area contributed by atoms with Crippen LogP contribution in [0.3, 0.4) is 0 Å². The highest BCUT2D eigenvalue weighted by Gasteiger charge is 2.12.